The standard InChI is InChI=1S/C17H28N2/c1-4-15(2)19-12-10-17(11-13-19)18(3)14-16-8-6-5-7-9-16/h5-9,15,17H,4,10-14H2,1-3H3/t15-/m1/s1. The number of hydrogen-bond donors (Lipinski definition) is 0. The lowest BCUT2D eigenvalue weighted by Gasteiger charge is -2.39. The van der Waals surface area contributed by atoms with E-state index in [2.05, 4.69) is 61.0 Å². The molecule has 19 heavy (non-hydrogen) atoms. The zero-order valence-corrected chi connectivity index (χ0v) is 12.7. The fourth-order valence-electron chi connectivity index (χ4n) is 3.03. The predicted molar refractivity (Wildman–Crippen MR) is 82.3 cm³/mol. The third-order valence-corrected chi connectivity index (χ3v) is 4.61. The number of rotatable bonds is 5. The lowest BCUT2D eigenvalue weighted by atomic mass is 10.0. The molecule has 1 aliphatic rings. The van der Waals surface area contributed by atoms with E-state index in [0.717, 1.165) is 18.6 Å². The molecule has 1 aromatic carbocycles. The zero-order valence-electron chi connectivity index (χ0n) is 12.7. The second-order valence-electron chi connectivity index (χ2n) is 5.93. The van der Waals surface area contributed by atoms with Crippen LogP contribution in [0.2, 0.25) is 0 Å². The summed E-state index contributed by atoms with van der Waals surface area (Å²) in [6, 6.07) is 12.3. The molecule has 0 radical (unpaired) electrons. The van der Waals surface area contributed by atoms with Crippen LogP contribution in [0.25, 0.3) is 0 Å². The van der Waals surface area contributed by atoms with Crippen molar-refractivity contribution in [3.05, 3.63) is 35.9 Å². The summed E-state index contributed by atoms with van der Waals surface area (Å²) in [6.07, 6.45) is 3.89. The van der Waals surface area contributed by atoms with E-state index in [1.807, 2.05) is 0 Å². The van der Waals surface area contributed by atoms with Crippen molar-refractivity contribution in [3.63, 3.8) is 0 Å². The van der Waals surface area contributed by atoms with Crippen molar-refractivity contribution in [2.45, 2.75) is 51.7 Å². The SMILES string of the molecule is CC[C@@H](C)N1CCC(N(C)Cc2ccccc2)CC1. The molecule has 2 heteroatoms. The summed E-state index contributed by atoms with van der Waals surface area (Å²) in [4.78, 5) is 5.18. The van der Waals surface area contributed by atoms with Crippen molar-refractivity contribution in [2.75, 3.05) is 20.1 Å². The summed E-state index contributed by atoms with van der Waals surface area (Å²) in [5.74, 6) is 0. The maximum Gasteiger partial charge on any atom is 0.0233 e. The first-order chi connectivity index (χ1) is 9.20. The van der Waals surface area contributed by atoms with E-state index in [4.69, 9.17) is 0 Å². The average molecular weight is 260 g/mol. The molecule has 1 atom stereocenters. The largest absolute Gasteiger partial charge is 0.301 e. The first-order valence-electron chi connectivity index (χ1n) is 7.69. The minimum Gasteiger partial charge on any atom is -0.301 e. The summed E-state index contributed by atoms with van der Waals surface area (Å²) < 4.78 is 0. The summed E-state index contributed by atoms with van der Waals surface area (Å²) in [5, 5.41) is 0. The molecule has 0 bridgehead atoms. The van der Waals surface area contributed by atoms with E-state index >= 15 is 0 Å². The summed E-state index contributed by atoms with van der Waals surface area (Å²) in [6.45, 7) is 8.25. The second kappa shape index (κ2) is 7.06. The lowest BCUT2D eigenvalue weighted by Crippen LogP contribution is -2.46. The number of nitrogens with zero attached hydrogens (tertiary/aromatic N) is 2. The van der Waals surface area contributed by atoms with Crippen LogP contribution in [-0.4, -0.2) is 42.0 Å². The Hall–Kier alpha value is -0.860. The van der Waals surface area contributed by atoms with Gasteiger partial charge in [0.2, 0.25) is 0 Å². The molecule has 2 nitrogen and oxygen atoms in total. The molecule has 1 heterocycles. The van der Waals surface area contributed by atoms with E-state index in [1.165, 1.54) is 37.9 Å². The fourth-order valence-corrected chi connectivity index (χ4v) is 3.03. The smallest absolute Gasteiger partial charge is 0.0233 e. The highest BCUT2D eigenvalue weighted by molar-refractivity contribution is 5.14. The second-order valence-corrected chi connectivity index (χ2v) is 5.93. The zero-order chi connectivity index (χ0) is 13.7. The minimum absolute atomic E-state index is 0.750. The summed E-state index contributed by atoms with van der Waals surface area (Å²) in [7, 11) is 2.27. The molecule has 0 saturated carbocycles. The van der Waals surface area contributed by atoms with Gasteiger partial charge in [0.05, 0.1) is 0 Å². The van der Waals surface area contributed by atoms with Crippen LogP contribution in [0.4, 0.5) is 0 Å². The van der Waals surface area contributed by atoms with E-state index in [0.29, 0.717) is 0 Å². The Labute approximate surface area is 118 Å². The highest BCUT2D eigenvalue weighted by Crippen LogP contribution is 2.19. The van der Waals surface area contributed by atoms with Crippen LogP contribution in [0.3, 0.4) is 0 Å². The number of hydrogen-bond acceptors (Lipinski definition) is 2. The van der Waals surface area contributed by atoms with Gasteiger partial charge in [0, 0.05) is 18.6 Å². The van der Waals surface area contributed by atoms with Crippen molar-refractivity contribution in [1.82, 2.24) is 9.80 Å². The van der Waals surface area contributed by atoms with Gasteiger partial charge in [-0.2, -0.15) is 0 Å². The van der Waals surface area contributed by atoms with Gasteiger partial charge in [0.25, 0.3) is 0 Å². The predicted octanol–water partition coefficient (Wildman–Crippen LogP) is 3.38. The maximum absolute atomic E-state index is 2.65. The third kappa shape index (κ3) is 4.05. The highest BCUT2D eigenvalue weighted by atomic mass is 15.2. The molecule has 1 aliphatic heterocycles. The van der Waals surface area contributed by atoms with Crippen molar-refractivity contribution in [1.29, 1.82) is 0 Å². The van der Waals surface area contributed by atoms with Crippen molar-refractivity contribution >= 4 is 0 Å². The van der Waals surface area contributed by atoms with E-state index in [-0.39, 0.29) is 0 Å². The van der Waals surface area contributed by atoms with Gasteiger partial charge < -0.3 is 4.90 Å². The molecule has 1 fully saturated rings. The van der Waals surface area contributed by atoms with Crippen molar-refractivity contribution < 1.29 is 0 Å². The fraction of sp³-hybridized carbons (Fsp3) is 0.647. The molecule has 0 aromatic heterocycles. The Morgan fingerprint density at radius 3 is 2.42 bits per heavy atom. The molecule has 1 saturated heterocycles. The third-order valence-electron chi connectivity index (χ3n) is 4.61. The van der Waals surface area contributed by atoms with Gasteiger partial charge in [-0.3, -0.25) is 4.90 Å². The Kier molecular flexibility index (Phi) is 5.41. The Morgan fingerprint density at radius 2 is 1.84 bits per heavy atom. The molecular weight excluding hydrogens is 232 g/mol. The van der Waals surface area contributed by atoms with Crippen LogP contribution in [-0.2, 0) is 6.54 Å². The Bertz CT molecular complexity index is 355. The van der Waals surface area contributed by atoms with Gasteiger partial charge in [-0.15, -0.1) is 0 Å². The van der Waals surface area contributed by atoms with E-state index in [9.17, 15) is 0 Å². The molecule has 0 spiro atoms. The van der Waals surface area contributed by atoms with Gasteiger partial charge in [-0.25, -0.2) is 0 Å². The lowest BCUT2D eigenvalue weighted by molar-refractivity contribution is 0.0975. The topological polar surface area (TPSA) is 6.48 Å². The van der Waals surface area contributed by atoms with Gasteiger partial charge >= 0.3 is 0 Å². The number of benzene rings is 1. The first-order valence-corrected chi connectivity index (χ1v) is 7.69. The van der Waals surface area contributed by atoms with Crippen LogP contribution >= 0.6 is 0 Å². The van der Waals surface area contributed by atoms with Gasteiger partial charge in [0.1, 0.15) is 0 Å². The van der Waals surface area contributed by atoms with Gasteiger partial charge in [0.15, 0.2) is 0 Å². The normalized spacial score (nSPS) is 19.8. The average Bonchev–Trinajstić information content (AvgIpc) is 2.47. The van der Waals surface area contributed by atoms with Crippen molar-refractivity contribution in [3.8, 4) is 0 Å². The highest BCUT2D eigenvalue weighted by Gasteiger charge is 2.24. The van der Waals surface area contributed by atoms with Crippen LogP contribution < -0.4 is 0 Å². The monoisotopic (exact) mass is 260 g/mol. The minimum atomic E-state index is 0.750. The van der Waals surface area contributed by atoms with E-state index < -0.39 is 0 Å². The number of piperidine rings is 1. The number of likely N-dealkylation sites (tertiary alicyclic amines) is 1. The van der Waals surface area contributed by atoms with Gasteiger partial charge in [-0.05, 0) is 51.9 Å². The van der Waals surface area contributed by atoms with Crippen LogP contribution in [0.1, 0.15) is 38.7 Å². The van der Waals surface area contributed by atoms with Crippen LogP contribution in [0, 0.1) is 0 Å². The summed E-state index contributed by atoms with van der Waals surface area (Å²) >= 11 is 0. The molecule has 0 amide bonds. The quantitative estimate of drug-likeness (QED) is 0.801. The molecule has 0 aliphatic carbocycles. The molecule has 106 valence electrons. The summed E-state index contributed by atoms with van der Waals surface area (Å²) in [5.41, 5.74) is 1.43. The van der Waals surface area contributed by atoms with Gasteiger partial charge in [-0.1, -0.05) is 37.3 Å². The molecule has 0 unspecified atom stereocenters. The molecule has 2 rings (SSSR count). The molecular formula is C17H28N2. The van der Waals surface area contributed by atoms with Crippen LogP contribution in [0.15, 0.2) is 30.3 Å². The first kappa shape index (κ1) is 14.5. The van der Waals surface area contributed by atoms with Crippen LogP contribution in [0.5, 0.6) is 0 Å². The molecule has 1 aromatic rings. The Morgan fingerprint density at radius 1 is 1.21 bits per heavy atom. The van der Waals surface area contributed by atoms with Crippen molar-refractivity contribution in [2.24, 2.45) is 0 Å². The van der Waals surface area contributed by atoms with E-state index in [1.54, 1.807) is 0 Å². The molecule has 0 N–H and O–H groups in total. The maximum atomic E-state index is 2.65. The Balaban J connectivity index is 1.81.